The maximum atomic E-state index is 10.2. The van der Waals surface area contributed by atoms with E-state index in [9.17, 15) is 15.3 Å². The Morgan fingerprint density at radius 1 is 0.173 bits per heavy atom. The van der Waals surface area contributed by atoms with Gasteiger partial charge in [0.25, 0.3) is 0 Å². The Balaban J connectivity index is -0.000000329. The third-order valence-corrected chi connectivity index (χ3v) is 10.5. The maximum Gasteiger partial charge on any atom is 3.00 e. The molecule has 0 aliphatic carbocycles. The van der Waals surface area contributed by atoms with E-state index in [0.29, 0.717) is 0 Å². The molecule has 52 heavy (non-hydrogen) atoms. The molecule has 0 aliphatic rings. The van der Waals surface area contributed by atoms with Gasteiger partial charge in [0.2, 0.25) is 0 Å². The van der Waals surface area contributed by atoms with E-state index in [1.165, 1.54) is 231 Å². The first kappa shape index (κ1) is 59.1. The van der Waals surface area contributed by atoms with E-state index >= 15 is 0 Å². The van der Waals surface area contributed by atoms with Crippen LogP contribution in [0.25, 0.3) is 0 Å². The summed E-state index contributed by atoms with van der Waals surface area (Å²) in [5.41, 5.74) is 0. The van der Waals surface area contributed by atoms with Crippen LogP contribution in [0.4, 0.5) is 0 Å². The second-order valence-electron chi connectivity index (χ2n) is 15.9. The average Bonchev–Trinajstić information content (AvgIpc) is 3.15. The quantitative estimate of drug-likeness (QED) is 0.0458. The van der Waals surface area contributed by atoms with Crippen LogP contribution in [-0.4, -0.2) is 19.8 Å². The fraction of sp³-hybridized carbons (Fsp3) is 1.00. The van der Waals surface area contributed by atoms with E-state index in [2.05, 4.69) is 20.8 Å². The SMILES string of the molecule is CCCCCCCCCCCCCCCC[O-].CCCCCCCCCCCCCCCC[O-].CCCCCCCCCCCCCCCC[O-].[Fe+3]. The smallest absolute Gasteiger partial charge is 0.854 e. The van der Waals surface area contributed by atoms with Gasteiger partial charge in [-0.05, 0) is 0 Å². The second kappa shape index (κ2) is 63.3. The van der Waals surface area contributed by atoms with Crippen LogP contribution >= 0.6 is 0 Å². The van der Waals surface area contributed by atoms with Crippen molar-refractivity contribution in [3.8, 4) is 0 Å². The predicted molar refractivity (Wildman–Crippen MR) is 226 cm³/mol. The molecule has 0 bridgehead atoms. The van der Waals surface area contributed by atoms with Gasteiger partial charge in [-0.15, -0.1) is 19.8 Å². The van der Waals surface area contributed by atoms with Gasteiger partial charge in [0.15, 0.2) is 0 Å². The monoisotopic (exact) mass is 780 g/mol. The molecule has 0 aromatic carbocycles. The van der Waals surface area contributed by atoms with Crippen LogP contribution in [0.15, 0.2) is 0 Å². The Morgan fingerprint density at radius 3 is 0.365 bits per heavy atom. The molecule has 3 nitrogen and oxygen atoms in total. The Labute approximate surface area is 341 Å². The number of hydrogen-bond acceptors (Lipinski definition) is 3. The first-order valence-corrected chi connectivity index (χ1v) is 24.0. The van der Waals surface area contributed by atoms with Crippen LogP contribution < -0.4 is 15.3 Å². The molecule has 0 heterocycles. The number of hydrogen-bond donors (Lipinski definition) is 0. The third-order valence-electron chi connectivity index (χ3n) is 10.5. The molecule has 0 aromatic heterocycles. The zero-order valence-electron chi connectivity index (χ0n) is 36.4. The van der Waals surface area contributed by atoms with Crippen molar-refractivity contribution < 1.29 is 32.4 Å². The molecule has 0 spiro atoms. The van der Waals surface area contributed by atoms with Crippen molar-refractivity contribution in [1.29, 1.82) is 0 Å². The van der Waals surface area contributed by atoms with E-state index in [4.69, 9.17) is 0 Å². The molecule has 0 amide bonds. The van der Waals surface area contributed by atoms with E-state index in [1.807, 2.05) is 0 Å². The summed E-state index contributed by atoms with van der Waals surface area (Å²) in [5.74, 6) is 0. The minimum atomic E-state index is 0. The standard InChI is InChI=1S/3C16H33O.Fe/c3*1-2-3-4-5-6-7-8-9-10-11-12-13-14-15-16-17;/h3*2-16H2,1H3;/q3*-1;+3. The first-order valence-electron chi connectivity index (χ1n) is 24.0. The van der Waals surface area contributed by atoms with E-state index in [0.717, 1.165) is 38.5 Å². The van der Waals surface area contributed by atoms with Gasteiger partial charge in [-0.1, -0.05) is 290 Å². The normalized spacial score (nSPS) is 10.7. The Bertz CT molecular complexity index is 405. The Kier molecular flexibility index (Phi) is 72.0. The van der Waals surface area contributed by atoms with Crippen LogP contribution in [0.2, 0.25) is 0 Å². The molecular weight excluding hydrogens is 680 g/mol. The summed E-state index contributed by atoms with van der Waals surface area (Å²) in [5, 5.41) is 30.7. The molecule has 0 fully saturated rings. The minimum Gasteiger partial charge on any atom is -0.854 e. The van der Waals surface area contributed by atoms with Crippen molar-refractivity contribution in [3.05, 3.63) is 0 Å². The zero-order valence-corrected chi connectivity index (χ0v) is 37.5. The predicted octanol–water partition coefficient (Wildman–Crippen LogP) is 14.5. The summed E-state index contributed by atoms with van der Waals surface area (Å²) < 4.78 is 0. The van der Waals surface area contributed by atoms with E-state index < -0.39 is 0 Å². The van der Waals surface area contributed by atoms with Crippen molar-refractivity contribution in [1.82, 2.24) is 0 Å². The molecule has 317 valence electrons. The molecular formula is C48H99FeO3. The molecule has 0 aromatic rings. The maximum absolute atomic E-state index is 10.2. The van der Waals surface area contributed by atoms with Crippen molar-refractivity contribution >= 4 is 0 Å². The van der Waals surface area contributed by atoms with E-state index in [1.54, 1.807) is 0 Å². The van der Waals surface area contributed by atoms with E-state index in [-0.39, 0.29) is 36.9 Å². The minimum absolute atomic E-state index is 0. The summed E-state index contributed by atoms with van der Waals surface area (Å²) in [4.78, 5) is 0. The third kappa shape index (κ3) is 68.4. The molecule has 0 saturated heterocycles. The molecule has 4 heteroatoms. The Morgan fingerprint density at radius 2 is 0.269 bits per heavy atom. The van der Waals surface area contributed by atoms with Gasteiger partial charge in [0.1, 0.15) is 0 Å². The molecule has 0 rings (SSSR count). The molecule has 0 atom stereocenters. The topological polar surface area (TPSA) is 69.2 Å². The van der Waals surface area contributed by atoms with Crippen molar-refractivity contribution in [2.24, 2.45) is 0 Å². The van der Waals surface area contributed by atoms with Crippen molar-refractivity contribution in [3.63, 3.8) is 0 Å². The summed E-state index contributed by atoms with van der Waals surface area (Å²) in [7, 11) is 0. The van der Waals surface area contributed by atoms with Crippen LogP contribution in [0, 0.1) is 0 Å². The first-order chi connectivity index (χ1) is 25.2. The fourth-order valence-electron chi connectivity index (χ4n) is 6.89. The van der Waals surface area contributed by atoms with Crippen molar-refractivity contribution in [2.75, 3.05) is 19.8 Å². The molecule has 0 saturated carbocycles. The average molecular weight is 780 g/mol. The van der Waals surface area contributed by atoms with Gasteiger partial charge in [-0.25, -0.2) is 0 Å². The van der Waals surface area contributed by atoms with Crippen LogP contribution in [-0.2, 0) is 17.1 Å². The summed E-state index contributed by atoms with van der Waals surface area (Å²) in [6.45, 7) is 7.19. The van der Waals surface area contributed by atoms with Gasteiger partial charge >= 0.3 is 17.1 Å². The Hall–Kier alpha value is 0.399. The molecule has 0 N–H and O–H groups in total. The summed E-state index contributed by atoms with van der Waals surface area (Å²) in [6.07, 6.45) is 56.6. The fourth-order valence-corrected chi connectivity index (χ4v) is 6.89. The van der Waals surface area contributed by atoms with Crippen LogP contribution in [0.1, 0.15) is 290 Å². The molecule has 0 unspecified atom stereocenters. The van der Waals surface area contributed by atoms with Crippen LogP contribution in [0.3, 0.4) is 0 Å². The van der Waals surface area contributed by atoms with Gasteiger partial charge < -0.3 is 15.3 Å². The largest absolute Gasteiger partial charge is 3.00 e. The summed E-state index contributed by atoms with van der Waals surface area (Å²) >= 11 is 0. The van der Waals surface area contributed by atoms with Gasteiger partial charge in [0.05, 0.1) is 0 Å². The van der Waals surface area contributed by atoms with Crippen LogP contribution in [0.5, 0.6) is 0 Å². The summed E-state index contributed by atoms with van der Waals surface area (Å²) in [6, 6.07) is 0. The zero-order chi connectivity index (χ0) is 37.8. The van der Waals surface area contributed by atoms with Gasteiger partial charge in [0, 0.05) is 0 Å². The van der Waals surface area contributed by atoms with Gasteiger partial charge in [-0.2, -0.15) is 0 Å². The second-order valence-corrected chi connectivity index (χ2v) is 15.9. The number of unbranched alkanes of at least 4 members (excludes halogenated alkanes) is 39. The van der Waals surface area contributed by atoms with Crippen molar-refractivity contribution in [2.45, 2.75) is 290 Å². The number of rotatable bonds is 42. The molecule has 0 aliphatic heterocycles. The molecule has 1 radical (unpaired) electrons. The van der Waals surface area contributed by atoms with Gasteiger partial charge in [-0.3, -0.25) is 0 Å².